The minimum Gasteiger partial charge on any atom is -0.312 e. The molecule has 1 amide bonds. The molecule has 3 heterocycles. The number of amides is 1. The van der Waals surface area contributed by atoms with E-state index in [1.54, 1.807) is 22.3 Å². The van der Waals surface area contributed by atoms with Gasteiger partial charge in [0.15, 0.2) is 0 Å². The number of carbonyl (C=O) groups is 1. The normalized spacial score (nSPS) is 26.6. The first-order chi connectivity index (χ1) is 8.79. The molecule has 1 N–H and O–H groups in total. The number of hydrazine groups is 1. The van der Waals surface area contributed by atoms with Gasteiger partial charge in [-0.3, -0.25) is 4.79 Å². The van der Waals surface area contributed by atoms with Gasteiger partial charge in [-0.25, -0.2) is 5.43 Å². The Hall–Kier alpha value is -1.59. The highest BCUT2D eigenvalue weighted by atomic mass is 32.1. The molecule has 1 fully saturated rings. The molecule has 0 spiro atoms. The Kier molecular flexibility index (Phi) is 2.93. The molecule has 1 saturated heterocycles. The van der Waals surface area contributed by atoms with E-state index in [-0.39, 0.29) is 18.0 Å². The zero-order valence-electron chi connectivity index (χ0n) is 9.95. The lowest BCUT2D eigenvalue weighted by Crippen LogP contribution is -2.47. The van der Waals surface area contributed by atoms with E-state index in [4.69, 9.17) is 0 Å². The fourth-order valence-electron chi connectivity index (χ4n) is 2.40. The predicted octanol–water partition coefficient (Wildman–Crippen LogP) is 1.87. The summed E-state index contributed by atoms with van der Waals surface area (Å²) < 4.78 is 0. The number of rotatable bonds is 3. The van der Waals surface area contributed by atoms with Gasteiger partial charge in [0.2, 0.25) is 0 Å². The highest BCUT2D eigenvalue weighted by molar-refractivity contribution is 7.10. The molecule has 1 aromatic heterocycles. The van der Waals surface area contributed by atoms with Gasteiger partial charge in [0, 0.05) is 30.2 Å². The molecule has 4 nitrogen and oxygen atoms in total. The molecule has 0 aliphatic carbocycles. The van der Waals surface area contributed by atoms with Gasteiger partial charge in [-0.05, 0) is 11.4 Å². The fraction of sp³-hybridized carbons (Fsp3) is 0.308. The first kappa shape index (κ1) is 11.5. The van der Waals surface area contributed by atoms with Crippen LogP contribution in [0, 0.1) is 0 Å². The van der Waals surface area contributed by atoms with Gasteiger partial charge in [-0.2, -0.15) is 0 Å². The van der Waals surface area contributed by atoms with Crippen LogP contribution < -0.4 is 5.43 Å². The maximum atomic E-state index is 12.3. The monoisotopic (exact) mass is 261 g/mol. The van der Waals surface area contributed by atoms with Crippen molar-refractivity contribution in [3.63, 3.8) is 0 Å². The third-order valence-corrected chi connectivity index (χ3v) is 4.27. The topological polar surface area (TPSA) is 35.6 Å². The van der Waals surface area contributed by atoms with Gasteiger partial charge < -0.3 is 9.91 Å². The second-order valence-corrected chi connectivity index (χ2v) is 5.41. The molecular weight excluding hydrogens is 246 g/mol. The van der Waals surface area contributed by atoms with Crippen LogP contribution in [0.4, 0.5) is 0 Å². The van der Waals surface area contributed by atoms with Gasteiger partial charge in [0.05, 0.1) is 6.04 Å². The summed E-state index contributed by atoms with van der Waals surface area (Å²) in [4.78, 5) is 15.3. The third kappa shape index (κ3) is 1.85. The molecule has 2 atom stereocenters. The Morgan fingerprint density at radius 2 is 2.44 bits per heavy atom. The zero-order chi connectivity index (χ0) is 12.5. The minimum absolute atomic E-state index is 0.0953. The summed E-state index contributed by atoms with van der Waals surface area (Å²) in [5.74, 6) is 0.143. The van der Waals surface area contributed by atoms with Crippen LogP contribution in [0.1, 0.15) is 17.3 Å². The molecule has 0 bridgehead atoms. The van der Waals surface area contributed by atoms with Crippen molar-refractivity contribution in [1.82, 2.24) is 15.3 Å². The number of nitrogens with zero attached hydrogens (tertiary/aromatic N) is 2. The maximum absolute atomic E-state index is 12.3. The van der Waals surface area contributed by atoms with E-state index in [1.165, 1.54) is 4.88 Å². The number of thiophene rings is 1. The standard InChI is InChI=1S/C13H15N3OS/c1-2-5-15-6-7-16-11(13(15)17)9-10(14-16)12-4-3-8-18-12/h2-4,6-8,10-11,14H,1,5,9H2. The predicted molar refractivity (Wildman–Crippen MR) is 71.5 cm³/mol. The summed E-state index contributed by atoms with van der Waals surface area (Å²) in [6, 6.07) is 4.30. The van der Waals surface area contributed by atoms with Crippen molar-refractivity contribution in [2.24, 2.45) is 0 Å². The minimum atomic E-state index is -0.0953. The van der Waals surface area contributed by atoms with E-state index < -0.39 is 0 Å². The van der Waals surface area contributed by atoms with Crippen molar-refractivity contribution >= 4 is 17.2 Å². The molecule has 3 rings (SSSR count). The number of hydrogen-bond donors (Lipinski definition) is 1. The van der Waals surface area contributed by atoms with Crippen molar-refractivity contribution in [2.45, 2.75) is 18.5 Å². The van der Waals surface area contributed by atoms with E-state index in [0.29, 0.717) is 6.54 Å². The van der Waals surface area contributed by atoms with Crippen LogP contribution in [0.25, 0.3) is 0 Å². The maximum Gasteiger partial charge on any atom is 0.251 e. The van der Waals surface area contributed by atoms with Crippen molar-refractivity contribution < 1.29 is 4.79 Å². The number of nitrogens with one attached hydrogen (secondary N) is 1. The Labute approximate surface area is 110 Å². The number of carbonyl (C=O) groups excluding carboxylic acids is 1. The average molecular weight is 261 g/mol. The Morgan fingerprint density at radius 3 is 3.17 bits per heavy atom. The Balaban J connectivity index is 1.77. The van der Waals surface area contributed by atoms with Crippen molar-refractivity contribution in [3.8, 4) is 0 Å². The lowest BCUT2D eigenvalue weighted by Gasteiger charge is -2.31. The molecule has 5 heteroatoms. The zero-order valence-corrected chi connectivity index (χ0v) is 10.8. The van der Waals surface area contributed by atoms with Crippen molar-refractivity contribution in [2.75, 3.05) is 6.54 Å². The summed E-state index contributed by atoms with van der Waals surface area (Å²) in [6.45, 7) is 4.25. The van der Waals surface area contributed by atoms with E-state index in [0.717, 1.165) is 6.42 Å². The molecule has 1 aromatic rings. The van der Waals surface area contributed by atoms with E-state index >= 15 is 0 Å². The largest absolute Gasteiger partial charge is 0.312 e. The third-order valence-electron chi connectivity index (χ3n) is 3.29. The fourth-order valence-corrected chi connectivity index (χ4v) is 3.19. The van der Waals surface area contributed by atoms with E-state index in [1.807, 2.05) is 23.5 Å². The molecule has 0 aromatic carbocycles. The summed E-state index contributed by atoms with van der Waals surface area (Å²) in [5, 5.41) is 3.99. The van der Waals surface area contributed by atoms with Crippen LogP contribution in [-0.2, 0) is 4.79 Å². The molecular formula is C13H15N3OS. The SMILES string of the molecule is C=CCN1C=CN2NC(c3cccs3)CC2C1=O. The highest BCUT2D eigenvalue weighted by Crippen LogP contribution is 2.32. The summed E-state index contributed by atoms with van der Waals surface area (Å²) in [5.41, 5.74) is 3.37. The Morgan fingerprint density at radius 1 is 1.56 bits per heavy atom. The van der Waals surface area contributed by atoms with E-state index in [2.05, 4.69) is 23.5 Å². The molecule has 2 aliphatic heterocycles. The van der Waals surface area contributed by atoms with E-state index in [9.17, 15) is 4.79 Å². The van der Waals surface area contributed by atoms with Crippen molar-refractivity contribution in [1.29, 1.82) is 0 Å². The lowest BCUT2D eigenvalue weighted by atomic mass is 10.1. The number of hydrogen-bond acceptors (Lipinski definition) is 4. The quantitative estimate of drug-likeness (QED) is 0.844. The van der Waals surface area contributed by atoms with Gasteiger partial charge in [-0.1, -0.05) is 12.1 Å². The van der Waals surface area contributed by atoms with Crippen LogP contribution in [0.2, 0.25) is 0 Å². The second kappa shape index (κ2) is 4.59. The first-order valence-corrected chi connectivity index (χ1v) is 6.85. The summed E-state index contributed by atoms with van der Waals surface area (Å²) >= 11 is 1.72. The highest BCUT2D eigenvalue weighted by Gasteiger charge is 2.39. The average Bonchev–Trinajstić information content (AvgIpc) is 3.00. The van der Waals surface area contributed by atoms with Gasteiger partial charge >= 0.3 is 0 Å². The summed E-state index contributed by atoms with van der Waals surface area (Å²) in [6.07, 6.45) is 6.31. The molecule has 2 unspecified atom stereocenters. The van der Waals surface area contributed by atoms with Crippen LogP contribution in [0.15, 0.2) is 42.6 Å². The van der Waals surface area contributed by atoms with Gasteiger partial charge in [0.1, 0.15) is 6.04 Å². The van der Waals surface area contributed by atoms with Crippen LogP contribution in [0.3, 0.4) is 0 Å². The van der Waals surface area contributed by atoms with Crippen LogP contribution in [0.5, 0.6) is 0 Å². The molecule has 18 heavy (non-hydrogen) atoms. The van der Waals surface area contributed by atoms with Gasteiger partial charge in [-0.15, -0.1) is 17.9 Å². The molecule has 2 aliphatic rings. The van der Waals surface area contributed by atoms with Crippen LogP contribution >= 0.6 is 11.3 Å². The lowest BCUT2D eigenvalue weighted by molar-refractivity contribution is -0.133. The number of fused-ring (bicyclic) bond motifs is 1. The second-order valence-electron chi connectivity index (χ2n) is 4.43. The van der Waals surface area contributed by atoms with Crippen molar-refractivity contribution in [3.05, 3.63) is 47.4 Å². The smallest absolute Gasteiger partial charge is 0.251 e. The molecule has 94 valence electrons. The first-order valence-electron chi connectivity index (χ1n) is 5.97. The van der Waals surface area contributed by atoms with Crippen LogP contribution in [-0.4, -0.2) is 28.4 Å². The molecule has 0 saturated carbocycles. The molecule has 0 radical (unpaired) electrons. The summed E-state index contributed by atoms with van der Waals surface area (Å²) in [7, 11) is 0. The van der Waals surface area contributed by atoms with Gasteiger partial charge in [0.25, 0.3) is 5.91 Å². The Bertz CT molecular complexity index is 482.